The van der Waals surface area contributed by atoms with Crippen LogP contribution in [0.4, 0.5) is 5.95 Å². The fourth-order valence-electron chi connectivity index (χ4n) is 3.69. The molecule has 1 N–H and O–H groups in total. The number of carbonyl (C=O) groups is 1. The summed E-state index contributed by atoms with van der Waals surface area (Å²) in [6.07, 6.45) is 4.38. The van der Waals surface area contributed by atoms with Crippen LogP contribution in [0.5, 0.6) is 11.5 Å². The van der Waals surface area contributed by atoms with Gasteiger partial charge in [-0.25, -0.2) is 9.97 Å². The molecule has 0 radical (unpaired) electrons. The highest BCUT2D eigenvalue weighted by molar-refractivity contribution is 5.79. The zero-order valence-corrected chi connectivity index (χ0v) is 18.2. The van der Waals surface area contributed by atoms with E-state index in [0.29, 0.717) is 32.3 Å². The summed E-state index contributed by atoms with van der Waals surface area (Å²) in [7, 11) is 0. The number of aromatic nitrogens is 2. The van der Waals surface area contributed by atoms with E-state index in [2.05, 4.69) is 20.2 Å². The number of hydrogen-bond acceptors (Lipinski definition) is 6. The molecule has 1 aliphatic rings. The second kappa shape index (κ2) is 10.8. The van der Waals surface area contributed by atoms with Crippen LogP contribution in [0.15, 0.2) is 30.5 Å². The molecule has 0 aliphatic carbocycles. The first-order chi connectivity index (χ1) is 14.6. The normalized spacial score (nSPS) is 16.2. The van der Waals surface area contributed by atoms with Crippen molar-refractivity contribution in [3.8, 4) is 11.5 Å². The molecule has 1 atom stereocenters. The third-order valence-electron chi connectivity index (χ3n) is 5.18. The Morgan fingerprint density at radius 1 is 1.20 bits per heavy atom. The Balaban J connectivity index is 1.52. The Morgan fingerprint density at radius 2 is 2.00 bits per heavy atom. The van der Waals surface area contributed by atoms with Crippen molar-refractivity contribution in [1.29, 1.82) is 0 Å². The molecule has 0 spiro atoms. The van der Waals surface area contributed by atoms with E-state index in [9.17, 15) is 4.79 Å². The number of nitrogens with one attached hydrogen (secondary N) is 1. The second-order valence-electron chi connectivity index (χ2n) is 7.47. The molecule has 0 bridgehead atoms. The fourth-order valence-corrected chi connectivity index (χ4v) is 3.69. The van der Waals surface area contributed by atoms with Gasteiger partial charge >= 0.3 is 0 Å². The van der Waals surface area contributed by atoms with Crippen molar-refractivity contribution in [1.82, 2.24) is 15.3 Å². The van der Waals surface area contributed by atoms with Gasteiger partial charge in [-0.05, 0) is 63.8 Å². The Hall–Kier alpha value is -2.83. The maximum Gasteiger partial charge on any atom is 0.225 e. The van der Waals surface area contributed by atoms with Crippen molar-refractivity contribution in [2.75, 3.05) is 37.7 Å². The van der Waals surface area contributed by atoms with Crippen LogP contribution >= 0.6 is 0 Å². The number of benzene rings is 1. The summed E-state index contributed by atoms with van der Waals surface area (Å²) in [6, 6.07) is 7.84. The van der Waals surface area contributed by atoms with Gasteiger partial charge in [0, 0.05) is 31.5 Å². The van der Waals surface area contributed by atoms with Crippen LogP contribution < -0.4 is 19.7 Å². The molecule has 2 heterocycles. The molecule has 1 fully saturated rings. The highest BCUT2D eigenvalue weighted by Gasteiger charge is 2.27. The van der Waals surface area contributed by atoms with E-state index in [0.717, 1.165) is 48.6 Å². The van der Waals surface area contributed by atoms with Gasteiger partial charge in [0.1, 0.15) is 0 Å². The molecule has 0 unspecified atom stereocenters. The van der Waals surface area contributed by atoms with Gasteiger partial charge in [-0.15, -0.1) is 0 Å². The van der Waals surface area contributed by atoms with Crippen LogP contribution in [-0.4, -0.2) is 48.7 Å². The number of rotatable bonds is 9. The summed E-state index contributed by atoms with van der Waals surface area (Å²) in [5.41, 5.74) is 2.05. The monoisotopic (exact) mass is 412 g/mol. The summed E-state index contributed by atoms with van der Waals surface area (Å²) in [4.78, 5) is 23.7. The van der Waals surface area contributed by atoms with Gasteiger partial charge in [-0.3, -0.25) is 4.79 Å². The molecule has 7 nitrogen and oxygen atoms in total. The molecule has 1 aromatic heterocycles. The highest BCUT2D eigenvalue weighted by atomic mass is 16.5. The van der Waals surface area contributed by atoms with Crippen molar-refractivity contribution in [2.24, 2.45) is 5.92 Å². The summed E-state index contributed by atoms with van der Waals surface area (Å²) in [5, 5.41) is 3.10. The van der Waals surface area contributed by atoms with E-state index in [-0.39, 0.29) is 11.8 Å². The topological polar surface area (TPSA) is 76.6 Å². The number of aryl methyl sites for hydroxylation is 1. The quantitative estimate of drug-likeness (QED) is 0.682. The SMILES string of the molecule is CCOc1ccc(CCNC(=O)[C@H]2CCCN(c3nccc(C)n3)C2)cc1OCC. The molecule has 1 amide bonds. The van der Waals surface area contributed by atoms with E-state index in [1.165, 1.54) is 0 Å². The van der Waals surface area contributed by atoms with E-state index < -0.39 is 0 Å². The second-order valence-corrected chi connectivity index (χ2v) is 7.47. The number of amides is 1. The van der Waals surface area contributed by atoms with E-state index in [1.807, 2.05) is 45.0 Å². The molecule has 2 aromatic rings. The number of anilines is 1. The summed E-state index contributed by atoms with van der Waals surface area (Å²) in [6.45, 7) is 9.19. The van der Waals surface area contributed by atoms with Crippen molar-refractivity contribution in [3.05, 3.63) is 41.7 Å². The van der Waals surface area contributed by atoms with Gasteiger partial charge in [0.05, 0.1) is 19.1 Å². The maximum atomic E-state index is 12.7. The molecule has 0 saturated carbocycles. The zero-order valence-electron chi connectivity index (χ0n) is 18.2. The minimum absolute atomic E-state index is 0.0396. The number of hydrogen-bond donors (Lipinski definition) is 1. The lowest BCUT2D eigenvalue weighted by Gasteiger charge is -2.32. The molecule has 1 aliphatic heterocycles. The molecule has 162 valence electrons. The van der Waals surface area contributed by atoms with Crippen molar-refractivity contribution in [3.63, 3.8) is 0 Å². The first kappa shape index (κ1) is 21.9. The third-order valence-corrected chi connectivity index (χ3v) is 5.18. The van der Waals surface area contributed by atoms with Crippen molar-refractivity contribution < 1.29 is 14.3 Å². The maximum absolute atomic E-state index is 12.7. The van der Waals surface area contributed by atoms with Gasteiger partial charge in [0.15, 0.2) is 11.5 Å². The lowest BCUT2D eigenvalue weighted by molar-refractivity contribution is -0.125. The van der Waals surface area contributed by atoms with E-state index >= 15 is 0 Å². The lowest BCUT2D eigenvalue weighted by atomic mass is 9.97. The Labute approximate surface area is 178 Å². The van der Waals surface area contributed by atoms with Gasteiger partial charge in [0.2, 0.25) is 11.9 Å². The molecule has 1 aromatic carbocycles. The fraction of sp³-hybridized carbons (Fsp3) is 0.522. The molecule has 3 rings (SSSR count). The Morgan fingerprint density at radius 3 is 2.77 bits per heavy atom. The average molecular weight is 413 g/mol. The third kappa shape index (κ3) is 5.84. The van der Waals surface area contributed by atoms with Crippen molar-refractivity contribution >= 4 is 11.9 Å². The van der Waals surface area contributed by atoms with E-state index in [1.54, 1.807) is 6.20 Å². The van der Waals surface area contributed by atoms with Gasteiger partial charge in [-0.2, -0.15) is 0 Å². The van der Waals surface area contributed by atoms with Crippen LogP contribution in [0.1, 0.15) is 37.9 Å². The average Bonchev–Trinajstić information content (AvgIpc) is 2.76. The lowest BCUT2D eigenvalue weighted by Crippen LogP contribution is -2.44. The smallest absolute Gasteiger partial charge is 0.225 e. The number of ether oxygens (including phenoxy) is 2. The molecular weight excluding hydrogens is 380 g/mol. The van der Waals surface area contributed by atoms with E-state index in [4.69, 9.17) is 9.47 Å². The van der Waals surface area contributed by atoms with Gasteiger partial charge in [-0.1, -0.05) is 6.07 Å². The first-order valence-corrected chi connectivity index (χ1v) is 10.8. The Kier molecular flexibility index (Phi) is 7.88. The largest absolute Gasteiger partial charge is 0.490 e. The van der Waals surface area contributed by atoms with Crippen LogP contribution in [0.25, 0.3) is 0 Å². The Bertz CT molecular complexity index is 843. The number of nitrogens with zero attached hydrogens (tertiary/aromatic N) is 3. The standard InChI is InChI=1S/C23H32N4O3/c1-4-29-20-9-8-18(15-21(20)30-5-2)11-13-24-22(28)19-7-6-14-27(16-19)23-25-12-10-17(3)26-23/h8-10,12,15,19H,4-7,11,13-14,16H2,1-3H3,(H,24,28)/t19-/m0/s1. The van der Waals surface area contributed by atoms with Crippen LogP contribution in [-0.2, 0) is 11.2 Å². The first-order valence-electron chi connectivity index (χ1n) is 10.8. The highest BCUT2D eigenvalue weighted by Crippen LogP contribution is 2.28. The number of piperidine rings is 1. The predicted molar refractivity (Wildman–Crippen MR) is 117 cm³/mol. The summed E-state index contributed by atoms with van der Waals surface area (Å²) in [5.74, 6) is 2.29. The molecular formula is C23H32N4O3. The summed E-state index contributed by atoms with van der Waals surface area (Å²) < 4.78 is 11.3. The molecule has 30 heavy (non-hydrogen) atoms. The van der Waals surface area contributed by atoms with Gasteiger partial charge in [0.25, 0.3) is 0 Å². The minimum Gasteiger partial charge on any atom is -0.490 e. The zero-order chi connectivity index (χ0) is 21.3. The molecule has 7 heteroatoms. The van der Waals surface area contributed by atoms with Crippen LogP contribution in [0.3, 0.4) is 0 Å². The van der Waals surface area contributed by atoms with Crippen LogP contribution in [0.2, 0.25) is 0 Å². The number of carbonyl (C=O) groups excluding carboxylic acids is 1. The predicted octanol–water partition coefficient (Wildman–Crippen LogP) is 3.16. The summed E-state index contributed by atoms with van der Waals surface area (Å²) >= 11 is 0. The van der Waals surface area contributed by atoms with Crippen molar-refractivity contribution in [2.45, 2.75) is 40.0 Å². The van der Waals surface area contributed by atoms with Crippen LogP contribution in [0, 0.1) is 12.8 Å². The van der Waals surface area contributed by atoms with Gasteiger partial charge < -0.3 is 19.7 Å². The minimum atomic E-state index is -0.0396. The molecule has 1 saturated heterocycles.